The van der Waals surface area contributed by atoms with Gasteiger partial charge in [-0.15, -0.1) is 24.0 Å². The van der Waals surface area contributed by atoms with E-state index in [1.807, 2.05) is 7.05 Å². The van der Waals surface area contributed by atoms with E-state index in [0.717, 1.165) is 77.6 Å². The molecule has 1 aliphatic heterocycles. The summed E-state index contributed by atoms with van der Waals surface area (Å²) in [6.45, 7) is 9.12. The molecule has 7 nitrogen and oxygen atoms in total. The minimum absolute atomic E-state index is 0. The molecule has 0 spiro atoms. The Balaban J connectivity index is 0.00000320. The Morgan fingerprint density at radius 3 is 2.57 bits per heavy atom. The smallest absolute Gasteiger partial charge is 0.191 e. The predicted molar refractivity (Wildman–Crippen MR) is 133 cm³/mol. The molecule has 1 aromatic rings. The quantitative estimate of drug-likeness (QED) is 0.259. The number of hydrogen-bond donors (Lipinski definition) is 2. The lowest BCUT2D eigenvalue weighted by Gasteiger charge is -2.27. The second kappa shape index (κ2) is 14.2. The summed E-state index contributed by atoms with van der Waals surface area (Å²) in [6, 6.07) is 9.41. The third-order valence-corrected chi connectivity index (χ3v) is 5.62. The van der Waals surface area contributed by atoms with Crippen molar-refractivity contribution < 1.29 is 9.47 Å². The average Bonchev–Trinajstić information content (AvgIpc) is 3.60. The highest BCUT2D eigenvalue weighted by atomic mass is 127. The van der Waals surface area contributed by atoms with Crippen LogP contribution < -0.4 is 10.6 Å². The van der Waals surface area contributed by atoms with Crippen LogP contribution in [-0.2, 0) is 22.6 Å². The van der Waals surface area contributed by atoms with E-state index >= 15 is 0 Å². The van der Waals surface area contributed by atoms with Crippen LogP contribution in [0.2, 0.25) is 0 Å². The fourth-order valence-corrected chi connectivity index (χ4v) is 3.73. The third-order valence-electron chi connectivity index (χ3n) is 5.62. The zero-order chi connectivity index (χ0) is 20.3. The number of benzene rings is 1. The molecule has 1 aromatic carbocycles. The van der Waals surface area contributed by atoms with E-state index < -0.39 is 0 Å². The Bertz CT molecular complexity index is 636. The number of halogens is 1. The highest BCUT2D eigenvalue weighted by Gasteiger charge is 2.28. The molecule has 0 unspecified atom stereocenters. The minimum atomic E-state index is 0. The van der Waals surface area contributed by atoms with Crippen molar-refractivity contribution in [3.8, 4) is 0 Å². The van der Waals surface area contributed by atoms with E-state index in [0.29, 0.717) is 0 Å². The van der Waals surface area contributed by atoms with Gasteiger partial charge >= 0.3 is 0 Å². The van der Waals surface area contributed by atoms with Crippen molar-refractivity contribution >= 4 is 29.9 Å². The molecular formula is C22H38IN5O2. The summed E-state index contributed by atoms with van der Waals surface area (Å²) in [4.78, 5) is 9.37. The maximum absolute atomic E-state index is 5.47. The SMILES string of the molecule is CN=C(NCCN(CCOC)C1CC1)NCc1ccccc1CN1CCOCC1.I. The van der Waals surface area contributed by atoms with E-state index in [2.05, 4.69) is 49.7 Å². The molecule has 0 atom stereocenters. The first-order valence-corrected chi connectivity index (χ1v) is 10.8. The van der Waals surface area contributed by atoms with Crippen LogP contribution in [0, 0.1) is 0 Å². The number of ether oxygens (including phenoxy) is 2. The molecule has 1 saturated heterocycles. The first kappa shape index (κ1) is 25.3. The summed E-state index contributed by atoms with van der Waals surface area (Å²) < 4.78 is 10.7. The Morgan fingerprint density at radius 2 is 1.90 bits per heavy atom. The monoisotopic (exact) mass is 531 g/mol. The molecule has 2 aliphatic rings. The standard InChI is InChI=1S/C22H37N5O2.HI/c1-23-22(24-9-10-27(13-14-28-2)21-7-8-21)25-17-19-5-3-4-6-20(19)18-26-11-15-29-16-12-26;/h3-6,21H,7-18H2,1-2H3,(H2,23,24,25);1H. The fraction of sp³-hybridized carbons (Fsp3) is 0.682. The van der Waals surface area contributed by atoms with Crippen molar-refractivity contribution in [1.82, 2.24) is 20.4 Å². The largest absolute Gasteiger partial charge is 0.383 e. The molecule has 170 valence electrons. The summed E-state index contributed by atoms with van der Waals surface area (Å²) in [7, 11) is 3.60. The lowest BCUT2D eigenvalue weighted by atomic mass is 10.1. The number of rotatable bonds is 11. The molecule has 0 radical (unpaired) electrons. The van der Waals surface area contributed by atoms with Gasteiger partial charge in [0.1, 0.15) is 0 Å². The van der Waals surface area contributed by atoms with Crippen LogP contribution in [0.4, 0.5) is 0 Å². The van der Waals surface area contributed by atoms with Gasteiger partial charge in [0.2, 0.25) is 0 Å². The summed E-state index contributed by atoms with van der Waals surface area (Å²) in [6.07, 6.45) is 2.63. The molecule has 30 heavy (non-hydrogen) atoms. The molecule has 1 saturated carbocycles. The number of nitrogens with zero attached hydrogens (tertiary/aromatic N) is 3. The van der Waals surface area contributed by atoms with Crippen LogP contribution in [-0.4, -0.2) is 88.5 Å². The summed E-state index contributed by atoms with van der Waals surface area (Å²) in [5.74, 6) is 0.855. The predicted octanol–water partition coefficient (Wildman–Crippen LogP) is 1.91. The van der Waals surface area contributed by atoms with Crippen LogP contribution in [0.3, 0.4) is 0 Å². The molecule has 0 bridgehead atoms. The zero-order valence-electron chi connectivity index (χ0n) is 18.4. The van der Waals surface area contributed by atoms with Gasteiger partial charge in [-0.3, -0.25) is 14.8 Å². The Morgan fingerprint density at radius 1 is 1.17 bits per heavy atom. The Kier molecular flexibility index (Phi) is 12.0. The highest BCUT2D eigenvalue weighted by Crippen LogP contribution is 2.25. The van der Waals surface area contributed by atoms with Crippen molar-refractivity contribution in [3.63, 3.8) is 0 Å². The van der Waals surface area contributed by atoms with Gasteiger partial charge in [-0.25, -0.2) is 0 Å². The third kappa shape index (κ3) is 8.66. The molecular weight excluding hydrogens is 493 g/mol. The first-order valence-electron chi connectivity index (χ1n) is 10.8. The molecule has 1 aliphatic carbocycles. The van der Waals surface area contributed by atoms with Gasteiger partial charge in [-0.2, -0.15) is 0 Å². The van der Waals surface area contributed by atoms with Crippen LogP contribution in [0.25, 0.3) is 0 Å². The Labute approximate surface area is 198 Å². The topological polar surface area (TPSA) is 61.4 Å². The normalized spacial score (nSPS) is 17.6. The van der Waals surface area contributed by atoms with Crippen molar-refractivity contribution in [2.24, 2.45) is 4.99 Å². The van der Waals surface area contributed by atoms with Gasteiger partial charge in [-0.1, -0.05) is 24.3 Å². The Hall–Kier alpha value is -0.940. The summed E-state index contributed by atoms with van der Waals surface area (Å²) in [5, 5.41) is 6.94. The fourth-order valence-electron chi connectivity index (χ4n) is 3.73. The number of methoxy groups -OCH3 is 1. The van der Waals surface area contributed by atoms with E-state index in [9.17, 15) is 0 Å². The molecule has 0 amide bonds. The number of guanidine groups is 1. The number of aliphatic imine (C=N–C) groups is 1. The highest BCUT2D eigenvalue weighted by molar-refractivity contribution is 14.0. The van der Waals surface area contributed by atoms with E-state index in [1.165, 1.54) is 24.0 Å². The molecule has 8 heteroatoms. The van der Waals surface area contributed by atoms with Gasteiger partial charge < -0.3 is 20.1 Å². The van der Waals surface area contributed by atoms with E-state index in [1.54, 1.807) is 7.11 Å². The number of nitrogens with one attached hydrogen (secondary N) is 2. The summed E-state index contributed by atoms with van der Waals surface area (Å²) >= 11 is 0. The average molecular weight is 531 g/mol. The van der Waals surface area contributed by atoms with Gasteiger partial charge in [0.25, 0.3) is 0 Å². The van der Waals surface area contributed by atoms with Crippen molar-refractivity contribution in [2.45, 2.75) is 32.0 Å². The molecule has 2 fully saturated rings. The van der Waals surface area contributed by atoms with Crippen LogP contribution in [0.1, 0.15) is 24.0 Å². The zero-order valence-corrected chi connectivity index (χ0v) is 20.8. The maximum atomic E-state index is 5.47. The van der Waals surface area contributed by atoms with Gasteiger partial charge in [0.05, 0.1) is 19.8 Å². The minimum Gasteiger partial charge on any atom is -0.383 e. The lowest BCUT2D eigenvalue weighted by Crippen LogP contribution is -2.42. The number of hydrogen-bond acceptors (Lipinski definition) is 5. The van der Waals surface area contributed by atoms with Gasteiger partial charge in [0.15, 0.2) is 5.96 Å². The van der Waals surface area contributed by atoms with Crippen molar-refractivity contribution in [1.29, 1.82) is 0 Å². The summed E-state index contributed by atoms with van der Waals surface area (Å²) in [5.41, 5.74) is 2.69. The van der Waals surface area contributed by atoms with Crippen LogP contribution in [0.5, 0.6) is 0 Å². The second-order valence-corrected chi connectivity index (χ2v) is 7.77. The van der Waals surface area contributed by atoms with Crippen LogP contribution >= 0.6 is 24.0 Å². The first-order chi connectivity index (χ1) is 14.3. The molecule has 0 aromatic heterocycles. The lowest BCUT2D eigenvalue weighted by molar-refractivity contribution is 0.0341. The van der Waals surface area contributed by atoms with E-state index in [4.69, 9.17) is 9.47 Å². The second-order valence-electron chi connectivity index (χ2n) is 7.77. The molecule has 2 N–H and O–H groups in total. The van der Waals surface area contributed by atoms with Crippen LogP contribution in [0.15, 0.2) is 29.3 Å². The molecule has 3 rings (SSSR count). The van der Waals surface area contributed by atoms with Crippen molar-refractivity contribution in [3.05, 3.63) is 35.4 Å². The number of morpholine rings is 1. The maximum Gasteiger partial charge on any atom is 0.191 e. The van der Waals surface area contributed by atoms with Gasteiger partial charge in [-0.05, 0) is 24.0 Å². The van der Waals surface area contributed by atoms with Gasteiger partial charge in [0, 0.05) is 66.0 Å². The van der Waals surface area contributed by atoms with E-state index in [-0.39, 0.29) is 24.0 Å². The molecule has 1 heterocycles. The van der Waals surface area contributed by atoms with Crippen molar-refractivity contribution in [2.75, 3.05) is 66.7 Å².